The molecule has 1 rings (SSSR count). The fourth-order valence-corrected chi connectivity index (χ4v) is 2.14. The molecule has 0 radical (unpaired) electrons. The van der Waals surface area contributed by atoms with Gasteiger partial charge in [-0.25, -0.2) is 4.39 Å². The van der Waals surface area contributed by atoms with Crippen LogP contribution in [0.2, 0.25) is 0 Å². The summed E-state index contributed by atoms with van der Waals surface area (Å²) in [7, 11) is 1.54. The van der Waals surface area contributed by atoms with Crippen LogP contribution in [0.25, 0.3) is 0 Å². The van der Waals surface area contributed by atoms with Crippen molar-refractivity contribution in [3.63, 3.8) is 0 Å². The van der Waals surface area contributed by atoms with E-state index < -0.39 is 0 Å². The van der Waals surface area contributed by atoms with Crippen molar-refractivity contribution >= 4 is 0 Å². The molecule has 0 aliphatic rings. The smallest absolute Gasteiger partial charge is 0.197 e. The van der Waals surface area contributed by atoms with E-state index in [-0.39, 0.29) is 23.4 Å². The third kappa shape index (κ3) is 2.77. The van der Waals surface area contributed by atoms with Gasteiger partial charge in [0.2, 0.25) is 0 Å². The minimum atomic E-state index is -0.282. The van der Waals surface area contributed by atoms with E-state index in [1.807, 2.05) is 26.8 Å². The lowest BCUT2D eigenvalue weighted by Gasteiger charge is -2.21. The van der Waals surface area contributed by atoms with Crippen LogP contribution in [0, 0.1) is 5.82 Å². The number of hydrogen-bond donors (Lipinski definition) is 0. The van der Waals surface area contributed by atoms with E-state index in [0.29, 0.717) is 12.4 Å². The number of benzene rings is 1. The average molecular weight is 254 g/mol. The third-order valence-corrected chi connectivity index (χ3v) is 2.97. The van der Waals surface area contributed by atoms with Gasteiger partial charge in [-0.3, -0.25) is 0 Å². The van der Waals surface area contributed by atoms with E-state index in [0.717, 1.165) is 11.1 Å². The van der Waals surface area contributed by atoms with Gasteiger partial charge in [-0.15, -0.1) is 0 Å². The normalized spacial score (nSPS) is 11.2. The van der Waals surface area contributed by atoms with Crippen LogP contribution < -0.4 is 9.47 Å². The first kappa shape index (κ1) is 14.8. The van der Waals surface area contributed by atoms with E-state index >= 15 is 0 Å². The number of halogens is 1. The summed E-state index contributed by atoms with van der Waals surface area (Å²) >= 11 is 0. The molecular formula is C15H23FO2. The fourth-order valence-electron chi connectivity index (χ4n) is 2.14. The van der Waals surface area contributed by atoms with Gasteiger partial charge in [0.1, 0.15) is 0 Å². The molecule has 0 spiro atoms. The zero-order valence-corrected chi connectivity index (χ0v) is 12.1. The maximum absolute atomic E-state index is 14.6. The zero-order chi connectivity index (χ0) is 13.9. The van der Waals surface area contributed by atoms with Gasteiger partial charge >= 0.3 is 0 Å². The highest BCUT2D eigenvalue weighted by molar-refractivity contribution is 5.51. The highest BCUT2D eigenvalue weighted by atomic mass is 19.1. The molecule has 0 fully saturated rings. The topological polar surface area (TPSA) is 18.5 Å². The van der Waals surface area contributed by atoms with Crippen molar-refractivity contribution in [2.45, 2.75) is 46.5 Å². The van der Waals surface area contributed by atoms with Gasteiger partial charge in [0.05, 0.1) is 13.7 Å². The molecule has 0 saturated carbocycles. The van der Waals surface area contributed by atoms with Crippen molar-refractivity contribution in [1.29, 1.82) is 0 Å². The first-order valence-corrected chi connectivity index (χ1v) is 6.47. The molecule has 3 heteroatoms. The average Bonchev–Trinajstić information content (AvgIpc) is 2.30. The van der Waals surface area contributed by atoms with Crippen LogP contribution in [0.15, 0.2) is 6.07 Å². The van der Waals surface area contributed by atoms with E-state index in [1.165, 1.54) is 7.11 Å². The Balaban J connectivity index is 3.52. The molecule has 102 valence electrons. The van der Waals surface area contributed by atoms with Gasteiger partial charge in [-0.1, -0.05) is 27.7 Å². The molecule has 0 aliphatic heterocycles. The summed E-state index contributed by atoms with van der Waals surface area (Å²) in [6.45, 7) is 10.4. The fraction of sp³-hybridized carbons (Fsp3) is 0.600. The highest BCUT2D eigenvalue weighted by Crippen LogP contribution is 2.40. The summed E-state index contributed by atoms with van der Waals surface area (Å²) in [5, 5.41) is 0. The molecule has 0 unspecified atom stereocenters. The van der Waals surface area contributed by atoms with E-state index in [1.54, 1.807) is 0 Å². The molecule has 0 N–H and O–H groups in total. The Bertz CT molecular complexity index is 411. The molecule has 0 aromatic heterocycles. The lowest BCUT2D eigenvalue weighted by molar-refractivity contribution is 0.292. The molecule has 18 heavy (non-hydrogen) atoms. The van der Waals surface area contributed by atoms with Crippen LogP contribution >= 0.6 is 0 Å². The molecule has 0 atom stereocenters. The number of hydrogen-bond acceptors (Lipinski definition) is 2. The summed E-state index contributed by atoms with van der Waals surface area (Å²) in [6.07, 6.45) is 0. The lowest BCUT2D eigenvalue weighted by atomic mass is 9.89. The first-order valence-electron chi connectivity index (χ1n) is 6.47. The minimum absolute atomic E-state index is 0.118. The van der Waals surface area contributed by atoms with Crippen molar-refractivity contribution in [3.8, 4) is 11.5 Å². The molecule has 1 aromatic rings. The molecule has 0 bridgehead atoms. The Morgan fingerprint density at radius 3 is 2.17 bits per heavy atom. The van der Waals surface area contributed by atoms with Gasteiger partial charge in [-0.2, -0.15) is 0 Å². The van der Waals surface area contributed by atoms with Crippen LogP contribution in [0.5, 0.6) is 11.5 Å². The van der Waals surface area contributed by atoms with Crippen LogP contribution in [-0.4, -0.2) is 13.7 Å². The molecule has 2 nitrogen and oxygen atoms in total. The maximum atomic E-state index is 14.6. The van der Waals surface area contributed by atoms with Crippen molar-refractivity contribution < 1.29 is 13.9 Å². The van der Waals surface area contributed by atoms with Crippen LogP contribution in [-0.2, 0) is 0 Å². The Morgan fingerprint density at radius 1 is 1.17 bits per heavy atom. The largest absolute Gasteiger partial charge is 0.493 e. The van der Waals surface area contributed by atoms with E-state index in [4.69, 9.17) is 9.47 Å². The maximum Gasteiger partial charge on any atom is 0.197 e. The number of rotatable bonds is 5. The first-order chi connectivity index (χ1) is 8.43. The molecule has 0 saturated heterocycles. The van der Waals surface area contributed by atoms with Gasteiger partial charge in [0.15, 0.2) is 17.3 Å². The molecule has 0 heterocycles. The van der Waals surface area contributed by atoms with Gasteiger partial charge in [0.25, 0.3) is 0 Å². The Kier molecular flexibility index (Phi) is 5.00. The van der Waals surface area contributed by atoms with Crippen molar-refractivity contribution in [1.82, 2.24) is 0 Å². The summed E-state index contributed by atoms with van der Waals surface area (Å²) in [6, 6.07) is 1.90. The van der Waals surface area contributed by atoms with Crippen molar-refractivity contribution in [3.05, 3.63) is 23.0 Å². The van der Waals surface area contributed by atoms with Crippen molar-refractivity contribution in [2.24, 2.45) is 0 Å². The standard InChI is InChI=1S/C15H23FO2/c1-7-18-15-12(17-6)8-11(9(2)3)13(10(4)5)14(15)16/h8-10H,7H2,1-6H3. The number of methoxy groups -OCH3 is 1. The summed E-state index contributed by atoms with van der Waals surface area (Å²) in [5.41, 5.74) is 1.72. The van der Waals surface area contributed by atoms with Crippen LogP contribution in [0.1, 0.15) is 57.6 Å². The van der Waals surface area contributed by atoms with Gasteiger partial charge < -0.3 is 9.47 Å². The minimum Gasteiger partial charge on any atom is -0.493 e. The molecule has 0 amide bonds. The summed E-state index contributed by atoms with van der Waals surface area (Å²) in [5.74, 6) is 0.791. The van der Waals surface area contributed by atoms with Crippen LogP contribution in [0.4, 0.5) is 4.39 Å². The molecule has 0 aliphatic carbocycles. The highest BCUT2D eigenvalue weighted by Gasteiger charge is 2.23. The van der Waals surface area contributed by atoms with E-state index in [2.05, 4.69) is 13.8 Å². The SMILES string of the molecule is CCOc1c(OC)cc(C(C)C)c(C(C)C)c1F. The van der Waals surface area contributed by atoms with Crippen LogP contribution in [0.3, 0.4) is 0 Å². The summed E-state index contributed by atoms with van der Waals surface area (Å²) < 4.78 is 25.2. The number of ether oxygens (including phenoxy) is 2. The Labute approximate surface area is 109 Å². The second-order valence-electron chi connectivity index (χ2n) is 4.97. The quantitative estimate of drug-likeness (QED) is 0.771. The Hall–Kier alpha value is -1.25. The molecule has 1 aromatic carbocycles. The van der Waals surface area contributed by atoms with E-state index in [9.17, 15) is 4.39 Å². The molecular weight excluding hydrogens is 231 g/mol. The van der Waals surface area contributed by atoms with Gasteiger partial charge in [0, 0.05) is 0 Å². The lowest BCUT2D eigenvalue weighted by Crippen LogP contribution is -2.07. The zero-order valence-electron chi connectivity index (χ0n) is 12.1. The summed E-state index contributed by atoms with van der Waals surface area (Å²) in [4.78, 5) is 0. The monoisotopic (exact) mass is 254 g/mol. The second kappa shape index (κ2) is 6.07. The van der Waals surface area contributed by atoms with Gasteiger partial charge in [-0.05, 0) is 36.0 Å². The predicted molar refractivity (Wildman–Crippen MR) is 72.3 cm³/mol. The predicted octanol–water partition coefficient (Wildman–Crippen LogP) is 4.48. The third-order valence-electron chi connectivity index (χ3n) is 2.97. The Morgan fingerprint density at radius 2 is 1.78 bits per heavy atom. The second-order valence-corrected chi connectivity index (χ2v) is 4.97. The van der Waals surface area contributed by atoms with Crippen molar-refractivity contribution in [2.75, 3.05) is 13.7 Å².